The Morgan fingerprint density at radius 2 is 2.19 bits per heavy atom. The molecule has 2 saturated carbocycles. The van der Waals surface area contributed by atoms with Gasteiger partial charge < -0.3 is 14.6 Å². The van der Waals surface area contributed by atoms with Gasteiger partial charge in [-0.3, -0.25) is 0 Å². The lowest BCUT2D eigenvalue weighted by Gasteiger charge is -2.46. The quantitative estimate of drug-likeness (QED) is 0.734. The van der Waals surface area contributed by atoms with Gasteiger partial charge in [0, 0.05) is 10.8 Å². The van der Waals surface area contributed by atoms with Gasteiger partial charge in [0.05, 0.1) is 19.8 Å². The van der Waals surface area contributed by atoms with E-state index < -0.39 is 0 Å². The maximum absolute atomic E-state index is 11.5. The number of hydrogen-bond acceptors (Lipinski definition) is 3. The minimum Gasteiger partial charge on any atom is -0.396 e. The summed E-state index contributed by atoms with van der Waals surface area (Å²) in [6.07, 6.45) is 6.87. The van der Waals surface area contributed by atoms with Crippen LogP contribution in [0.3, 0.4) is 0 Å². The van der Waals surface area contributed by atoms with Crippen LogP contribution < -0.4 is 0 Å². The molecular formula is C13H20O3. The predicted molar refractivity (Wildman–Crippen MR) is 58.9 cm³/mol. The summed E-state index contributed by atoms with van der Waals surface area (Å²) in [7, 11) is 0. The van der Waals surface area contributed by atoms with Gasteiger partial charge in [-0.05, 0) is 37.5 Å². The second-order valence-corrected chi connectivity index (χ2v) is 6.26. The van der Waals surface area contributed by atoms with Gasteiger partial charge in [-0.1, -0.05) is 6.42 Å². The number of hydrogen-bond donors (Lipinski definition) is 1. The Morgan fingerprint density at radius 3 is 2.56 bits per heavy atom. The first kappa shape index (κ1) is 10.7. The van der Waals surface area contributed by atoms with E-state index in [0.717, 1.165) is 18.8 Å². The van der Waals surface area contributed by atoms with Crippen molar-refractivity contribution in [2.45, 2.75) is 32.1 Å². The molecule has 3 heteroatoms. The molecule has 1 heterocycles. The number of aldehydes is 1. The molecule has 3 aliphatic rings. The highest BCUT2D eigenvalue weighted by Gasteiger charge is 2.55. The van der Waals surface area contributed by atoms with Crippen LogP contribution in [0.15, 0.2) is 0 Å². The maximum Gasteiger partial charge on any atom is 0.126 e. The molecule has 0 aromatic rings. The van der Waals surface area contributed by atoms with E-state index in [2.05, 4.69) is 0 Å². The monoisotopic (exact) mass is 224 g/mol. The third kappa shape index (κ3) is 1.37. The first-order chi connectivity index (χ1) is 7.72. The SMILES string of the molecule is O=CC1(CC2(CO)COC2)CC2CCC1C2. The summed E-state index contributed by atoms with van der Waals surface area (Å²) in [6.45, 7) is 1.44. The molecule has 0 radical (unpaired) electrons. The summed E-state index contributed by atoms with van der Waals surface area (Å²) >= 11 is 0. The molecule has 3 nitrogen and oxygen atoms in total. The van der Waals surface area contributed by atoms with Gasteiger partial charge >= 0.3 is 0 Å². The highest BCUT2D eigenvalue weighted by atomic mass is 16.5. The molecule has 1 saturated heterocycles. The lowest BCUT2D eigenvalue weighted by atomic mass is 9.64. The van der Waals surface area contributed by atoms with Crippen molar-refractivity contribution in [1.82, 2.24) is 0 Å². The second kappa shape index (κ2) is 3.54. The van der Waals surface area contributed by atoms with Crippen molar-refractivity contribution < 1.29 is 14.6 Å². The predicted octanol–water partition coefficient (Wildman–Crippen LogP) is 1.39. The number of aliphatic hydroxyl groups is 1. The topological polar surface area (TPSA) is 46.5 Å². The smallest absolute Gasteiger partial charge is 0.126 e. The van der Waals surface area contributed by atoms with Crippen molar-refractivity contribution in [2.24, 2.45) is 22.7 Å². The Kier molecular flexibility index (Phi) is 2.37. The van der Waals surface area contributed by atoms with Crippen LogP contribution in [0.5, 0.6) is 0 Å². The van der Waals surface area contributed by atoms with E-state index in [1.54, 1.807) is 0 Å². The van der Waals surface area contributed by atoms with Gasteiger partial charge in [0.15, 0.2) is 0 Å². The van der Waals surface area contributed by atoms with E-state index in [1.165, 1.54) is 25.5 Å². The van der Waals surface area contributed by atoms with E-state index in [9.17, 15) is 9.90 Å². The Balaban J connectivity index is 1.78. The Bertz CT molecular complexity index is 292. The molecular weight excluding hydrogens is 204 g/mol. The van der Waals surface area contributed by atoms with Gasteiger partial charge in [0.1, 0.15) is 6.29 Å². The summed E-state index contributed by atoms with van der Waals surface area (Å²) in [5.74, 6) is 1.35. The summed E-state index contributed by atoms with van der Waals surface area (Å²) in [4.78, 5) is 11.5. The van der Waals surface area contributed by atoms with E-state index in [4.69, 9.17) is 4.74 Å². The van der Waals surface area contributed by atoms with Gasteiger partial charge in [-0.25, -0.2) is 0 Å². The summed E-state index contributed by atoms with van der Waals surface area (Å²) in [6, 6.07) is 0. The van der Waals surface area contributed by atoms with Gasteiger partial charge in [-0.15, -0.1) is 0 Å². The van der Waals surface area contributed by atoms with Crippen molar-refractivity contribution in [3.05, 3.63) is 0 Å². The first-order valence-electron chi connectivity index (χ1n) is 6.37. The molecule has 1 aliphatic heterocycles. The minimum atomic E-state index is -0.130. The normalized spacial score (nSPS) is 44.3. The van der Waals surface area contributed by atoms with Crippen molar-refractivity contribution in [2.75, 3.05) is 19.8 Å². The van der Waals surface area contributed by atoms with Crippen molar-refractivity contribution >= 4 is 6.29 Å². The standard InChI is InChI=1S/C13H20O3/c14-6-12(8-16-9-12)5-13(7-15)4-10-1-2-11(13)3-10/h7,10-11,14H,1-6,8-9H2. The number of aliphatic hydroxyl groups excluding tert-OH is 1. The average molecular weight is 224 g/mol. The molecule has 2 aliphatic carbocycles. The zero-order chi connectivity index (χ0) is 11.2. The fourth-order valence-corrected chi connectivity index (χ4v) is 4.23. The van der Waals surface area contributed by atoms with Crippen LogP contribution in [0.4, 0.5) is 0 Å². The minimum absolute atomic E-state index is 0.106. The highest BCUT2D eigenvalue weighted by Crippen LogP contribution is 2.59. The molecule has 90 valence electrons. The van der Waals surface area contributed by atoms with E-state index in [1.807, 2.05) is 0 Å². The third-order valence-electron chi connectivity index (χ3n) is 5.11. The molecule has 1 N–H and O–H groups in total. The number of carbonyl (C=O) groups is 1. The third-order valence-corrected chi connectivity index (χ3v) is 5.11. The molecule has 0 spiro atoms. The second-order valence-electron chi connectivity index (χ2n) is 6.26. The Labute approximate surface area is 96.2 Å². The molecule has 2 bridgehead atoms. The highest BCUT2D eigenvalue weighted by molar-refractivity contribution is 5.61. The van der Waals surface area contributed by atoms with Gasteiger partial charge in [0.2, 0.25) is 0 Å². The first-order valence-corrected chi connectivity index (χ1v) is 6.37. The van der Waals surface area contributed by atoms with Gasteiger partial charge in [0.25, 0.3) is 0 Å². The Hall–Kier alpha value is -0.410. The van der Waals surface area contributed by atoms with Crippen LogP contribution in [0.25, 0.3) is 0 Å². The lowest BCUT2D eigenvalue weighted by molar-refractivity contribution is -0.164. The van der Waals surface area contributed by atoms with Crippen LogP contribution in [0.1, 0.15) is 32.1 Å². The zero-order valence-electron chi connectivity index (χ0n) is 9.65. The molecule has 0 aromatic heterocycles. The molecule has 16 heavy (non-hydrogen) atoms. The van der Waals surface area contributed by atoms with Crippen LogP contribution in [-0.2, 0) is 9.53 Å². The number of rotatable bonds is 4. The average Bonchev–Trinajstić information content (AvgIpc) is 2.84. The molecule has 0 amide bonds. The summed E-state index contributed by atoms with van der Waals surface area (Å²) in [5.41, 5.74) is -0.235. The molecule has 3 rings (SSSR count). The van der Waals surface area contributed by atoms with Crippen LogP contribution in [-0.4, -0.2) is 31.2 Å². The zero-order valence-corrected chi connectivity index (χ0v) is 9.65. The van der Waals surface area contributed by atoms with E-state index in [-0.39, 0.29) is 17.4 Å². The number of carbonyl (C=O) groups excluding carboxylic acids is 1. The van der Waals surface area contributed by atoms with Gasteiger partial charge in [-0.2, -0.15) is 0 Å². The fraction of sp³-hybridized carbons (Fsp3) is 0.923. The summed E-state index contributed by atoms with van der Waals surface area (Å²) in [5, 5.41) is 9.48. The Morgan fingerprint density at radius 1 is 1.38 bits per heavy atom. The van der Waals surface area contributed by atoms with Crippen molar-refractivity contribution in [1.29, 1.82) is 0 Å². The largest absolute Gasteiger partial charge is 0.396 e. The van der Waals surface area contributed by atoms with Crippen LogP contribution in [0, 0.1) is 22.7 Å². The maximum atomic E-state index is 11.5. The lowest BCUT2D eigenvalue weighted by Crippen LogP contribution is -2.50. The van der Waals surface area contributed by atoms with Crippen LogP contribution in [0.2, 0.25) is 0 Å². The molecule has 3 fully saturated rings. The van der Waals surface area contributed by atoms with Crippen LogP contribution >= 0.6 is 0 Å². The number of ether oxygens (including phenoxy) is 1. The fourth-order valence-electron chi connectivity index (χ4n) is 4.23. The van der Waals surface area contributed by atoms with Crippen molar-refractivity contribution in [3.8, 4) is 0 Å². The van der Waals surface area contributed by atoms with E-state index >= 15 is 0 Å². The molecule has 3 atom stereocenters. The number of fused-ring (bicyclic) bond motifs is 2. The molecule has 3 unspecified atom stereocenters. The molecule has 0 aromatic carbocycles. The van der Waals surface area contributed by atoms with Crippen molar-refractivity contribution in [3.63, 3.8) is 0 Å². The van der Waals surface area contributed by atoms with E-state index in [0.29, 0.717) is 19.1 Å². The summed E-state index contributed by atoms with van der Waals surface area (Å²) < 4.78 is 5.23.